The zero-order valence-electron chi connectivity index (χ0n) is 16.4. The lowest BCUT2D eigenvalue weighted by molar-refractivity contribution is -0.129. The van der Waals surface area contributed by atoms with Gasteiger partial charge in [0.1, 0.15) is 0 Å². The molecule has 0 saturated carbocycles. The van der Waals surface area contributed by atoms with Gasteiger partial charge < -0.3 is 20.4 Å². The van der Waals surface area contributed by atoms with E-state index in [9.17, 15) is 9.18 Å². The lowest BCUT2D eigenvalue weighted by Crippen LogP contribution is -2.44. The molecule has 1 amide bonds. The van der Waals surface area contributed by atoms with Gasteiger partial charge in [-0.1, -0.05) is 0 Å². The van der Waals surface area contributed by atoms with Crippen LogP contribution < -0.4 is 21.0 Å². The SMILES string of the molecule is CN1CCN(c2ccc(Nc3ncc(F)c(NCCCC(=O)NO)n3)cc2)CC1. The molecule has 156 valence electrons. The summed E-state index contributed by atoms with van der Waals surface area (Å²) in [5.74, 6) is -0.736. The average Bonchev–Trinajstić information content (AvgIpc) is 2.74. The number of nitrogens with zero attached hydrogens (tertiary/aromatic N) is 4. The Morgan fingerprint density at radius 2 is 1.93 bits per heavy atom. The number of hydrogen-bond donors (Lipinski definition) is 4. The lowest BCUT2D eigenvalue weighted by atomic mass is 10.2. The van der Waals surface area contributed by atoms with E-state index in [4.69, 9.17) is 5.21 Å². The van der Waals surface area contributed by atoms with Crippen LogP contribution in [-0.2, 0) is 4.79 Å². The summed E-state index contributed by atoms with van der Waals surface area (Å²) in [6.07, 6.45) is 1.64. The van der Waals surface area contributed by atoms with Crippen molar-refractivity contribution in [1.82, 2.24) is 20.3 Å². The maximum atomic E-state index is 13.9. The van der Waals surface area contributed by atoms with E-state index in [1.165, 1.54) is 0 Å². The van der Waals surface area contributed by atoms with Crippen LogP contribution in [0.3, 0.4) is 0 Å². The van der Waals surface area contributed by atoms with E-state index >= 15 is 0 Å². The molecule has 1 saturated heterocycles. The highest BCUT2D eigenvalue weighted by atomic mass is 19.1. The molecule has 2 aromatic rings. The van der Waals surface area contributed by atoms with E-state index in [2.05, 4.69) is 37.4 Å². The maximum Gasteiger partial charge on any atom is 0.243 e. The quantitative estimate of drug-likeness (QED) is 0.300. The van der Waals surface area contributed by atoms with Gasteiger partial charge in [0.25, 0.3) is 0 Å². The van der Waals surface area contributed by atoms with Crippen LogP contribution in [-0.4, -0.2) is 65.8 Å². The Kier molecular flexibility index (Phi) is 7.14. The molecule has 3 rings (SSSR count). The number of anilines is 4. The topological polar surface area (TPSA) is 106 Å². The molecule has 0 aliphatic carbocycles. The average molecular weight is 403 g/mol. The molecule has 1 aromatic heterocycles. The second-order valence-corrected chi connectivity index (χ2v) is 6.92. The van der Waals surface area contributed by atoms with Gasteiger partial charge in [-0.2, -0.15) is 4.98 Å². The Hall–Kier alpha value is -2.98. The van der Waals surface area contributed by atoms with Crippen LogP contribution in [0.15, 0.2) is 30.5 Å². The van der Waals surface area contributed by atoms with Crippen molar-refractivity contribution in [3.05, 3.63) is 36.3 Å². The van der Waals surface area contributed by atoms with Gasteiger partial charge in [-0.25, -0.2) is 14.9 Å². The van der Waals surface area contributed by atoms with Gasteiger partial charge in [0.2, 0.25) is 11.9 Å². The largest absolute Gasteiger partial charge is 0.369 e. The predicted octanol–water partition coefficient (Wildman–Crippen LogP) is 1.81. The number of likely N-dealkylation sites (N-methyl/N-ethyl adjacent to an activating group) is 1. The summed E-state index contributed by atoms with van der Waals surface area (Å²) in [6, 6.07) is 7.98. The number of piperazine rings is 1. The number of hydrogen-bond acceptors (Lipinski definition) is 8. The van der Waals surface area contributed by atoms with E-state index in [-0.39, 0.29) is 18.2 Å². The summed E-state index contributed by atoms with van der Waals surface area (Å²) in [6.45, 7) is 4.42. The van der Waals surface area contributed by atoms with E-state index in [1.54, 1.807) is 5.48 Å². The summed E-state index contributed by atoms with van der Waals surface area (Å²) in [5, 5.41) is 14.4. The smallest absolute Gasteiger partial charge is 0.243 e. The molecule has 1 aromatic carbocycles. The first-order chi connectivity index (χ1) is 14.0. The molecule has 1 aliphatic heterocycles. The first-order valence-electron chi connectivity index (χ1n) is 9.55. The fourth-order valence-electron chi connectivity index (χ4n) is 3.01. The fraction of sp³-hybridized carbons (Fsp3) is 0.421. The molecule has 4 N–H and O–H groups in total. The highest BCUT2D eigenvalue weighted by molar-refractivity contribution is 5.74. The van der Waals surface area contributed by atoms with Crippen LogP contribution >= 0.6 is 0 Å². The minimum Gasteiger partial charge on any atom is -0.369 e. The number of amides is 1. The molecule has 2 heterocycles. The Bertz CT molecular complexity index is 811. The van der Waals surface area contributed by atoms with E-state index < -0.39 is 11.7 Å². The van der Waals surface area contributed by atoms with Crippen molar-refractivity contribution >= 4 is 29.0 Å². The van der Waals surface area contributed by atoms with Gasteiger partial charge in [0.15, 0.2) is 11.6 Å². The summed E-state index contributed by atoms with van der Waals surface area (Å²) in [4.78, 5) is 23.8. The number of rotatable bonds is 8. The molecule has 0 spiro atoms. The van der Waals surface area contributed by atoms with Crippen molar-refractivity contribution < 1.29 is 14.4 Å². The Morgan fingerprint density at radius 3 is 2.62 bits per heavy atom. The van der Waals surface area contributed by atoms with Gasteiger partial charge in [0, 0.05) is 50.5 Å². The highest BCUT2D eigenvalue weighted by Crippen LogP contribution is 2.22. The van der Waals surface area contributed by atoms with Crippen LogP contribution in [0.4, 0.5) is 27.5 Å². The normalized spacial score (nSPS) is 14.5. The molecule has 0 unspecified atom stereocenters. The Balaban J connectivity index is 1.56. The van der Waals surface area contributed by atoms with Crippen LogP contribution in [0.2, 0.25) is 0 Å². The molecule has 1 aliphatic rings. The van der Waals surface area contributed by atoms with Crippen LogP contribution in [0.25, 0.3) is 0 Å². The number of carbonyl (C=O) groups is 1. The van der Waals surface area contributed by atoms with Crippen LogP contribution in [0.1, 0.15) is 12.8 Å². The van der Waals surface area contributed by atoms with Gasteiger partial charge >= 0.3 is 0 Å². The van der Waals surface area contributed by atoms with Crippen LogP contribution in [0, 0.1) is 5.82 Å². The summed E-state index contributed by atoms with van der Waals surface area (Å²) < 4.78 is 13.9. The van der Waals surface area contributed by atoms with Gasteiger partial charge in [0.05, 0.1) is 6.20 Å². The van der Waals surface area contributed by atoms with Crippen molar-refractivity contribution in [2.45, 2.75) is 12.8 Å². The molecular weight excluding hydrogens is 377 g/mol. The second-order valence-electron chi connectivity index (χ2n) is 6.92. The number of benzene rings is 1. The highest BCUT2D eigenvalue weighted by Gasteiger charge is 2.14. The van der Waals surface area contributed by atoms with Gasteiger partial charge in [-0.15, -0.1) is 0 Å². The third-order valence-electron chi connectivity index (χ3n) is 4.73. The molecule has 0 bridgehead atoms. The number of halogens is 1. The Labute approximate surface area is 168 Å². The third-order valence-corrected chi connectivity index (χ3v) is 4.73. The van der Waals surface area contributed by atoms with Crippen molar-refractivity contribution in [3.63, 3.8) is 0 Å². The first-order valence-corrected chi connectivity index (χ1v) is 9.55. The zero-order chi connectivity index (χ0) is 20.6. The molecule has 10 heteroatoms. The molecule has 29 heavy (non-hydrogen) atoms. The first kappa shape index (κ1) is 20.7. The van der Waals surface area contributed by atoms with Crippen LogP contribution in [0.5, 0.6) is 0 Å². The summed E-state index contributed by atoms with van der Waals surface area (Å²) >= 11 is 0. The third kappa shape index (κ3) is 6.00. The van der Waals surface area contributed by atoms with Crippen molar-refractivity contribution in [2.75, 3.05) is 55.3 Å². The summed E-state index contributed by atoms with van der Waals surface area (Å²) in [7, 11) is 2.13. The Morgan fingerprint density at radius 1 is 1.21 bits per heavy atom. The fourth-order valence-corrected chi connectivity index (χ4v) is 3.01. The van der Waals surface area contributed by atoms with Gasteiger partial charge in [-0.3, -0.25) is 10.0 Å². The second kappa shape index (κ2) is 9.99. The predicted molar refractivity (Wildman–Crippen MR) is 109 cm³/mol. The maximum absolute atomic E-state index is 13.9. The van der Waals surface area contributed by atoms with E-state index in [0.717, 1.165) is 43.8 Å². The number of hydroxylamine groups is 1. The van der Waals surface area contributed by atoms with Gasteiger partial charge in [-0.05, 0) is 37.7 Å². The van der Waals surface area contributed by atoms with E-state index in [0.29, 0.717) is 13.0 Å². The molecular formula is C19H26FN7O2. The van der Waals surface area contributed by atoms with Crippen molar-refractivity contribution in [1.29, 1.82) is 0 Å². The molecule has 1 fully saturated rings. The molecule has 0 atom stereocenters. The van der Waals surface area contributed by atoms with Crippen molar-refractivity contribution in [3.8, 4) is 0 Å². The summed E-state index contributed by atoms with van der Waals surface area (Å²) in [5.41, 5.74) is 3.53. The number of nitrogens with one attached hydrogen (secondary N) is 3. The minimum atomic E-state index is -0.576. The number of carbonyl (C=O) groups excluding carboxylic acids is 1. The minimum absolute atomic E-state index is 0.0564. The lowest BCUT2D eigenvalue weighted by Gasteiger charge is -2.34. The monoisotopic (exact) mass is 403 g/mol. The van der Waals surface area contributed by atoms with Crippen molar-refractivity contribution in [2.24, 2.45) is 0 Å². The standard InChI is InChI=1S/C19H26FN7O2/c1-26-9-11-27(12-10-26)15-6-4-14(5-7-15)23-19-22-13-16(20)18(24-19)21-8-2-3-17(28)25-29/h4-7,13,29H,2-3,8-12H2,1H3,(H,25,28)(H2,21,22,23,24). The van der Waals surface area contributed by atoms with E-state index in [1.807, 2.05) is 24.3 Å². The molecule has 0 radical (unpaired) electrons. The zero-order valence-corrected chi connectivity index (χ0v) is 16.4. The molecule has 9 nitrogen and oxygen atoms in total. The number of aromatic nitrogens is 2.